The SMILES string of the molecule is O=C(c1ccn(COc2ccc(Cl)cc2Cl)n1)N1CCN(Cc2ccc(Cl)c(Cl)c2)CC1. The summed E-state index contributed by atoms with van der Waals surface area (Å²) in [5, 5.41) is 6.39. The van der Waals surface area contributed by atoms with E-state index in [2.05, 4.69) is 10.00 Å². The van der Waals surface area contributed by atoms with Crippen LogP contribution in [-0.2, 0) is 13.3 Å². The van der Waals surface area contributed by atoms with Crippen molar-refractivity contribution in [1.29, 1.82) is 0 Å². The lowest BCUT2D eigenvalue weighted by atomic mass is 10.2. The number of benzene rings is 2. The Hall–Kier alpha value is -1.96. The van der Waals surface area contributed by atoms with E-state index in [1.165, 1.54) is 0 Å². The van der Waals surface area contributed by atoms with E-state index in [9.17, 15) is 4.79 Å². The van der Waals surface area contributed by atoms with Crippen LogP contribution in [0.2, 0.25) is 20.1 Å². The molecule has 3 aromatic rings. The second-order valence-electron chi connectivity index (χ2n) is 7.41. The summed E-state index contributed by atoms with van der Waals surface area (Å²) in [6.45, 7) is 3.69. The first-order chi connectivity index (χ1) is 15.4. The van der Waals surface area contributed by atoms with Crippen LogP contribution in [0.4, 0.5) is 0 Å². The number of carbonyl (C=O) groups excluding carboxylic acids is 1. The van der Waals surface area contributed by atoms with Crippen molar-refractivity contribution in [3.8, 4) is 5.75 Å². The van der Waals surface area contributed by atoms with Gasteiger partial charge in [-0.1, -0.05) is 52.5 Å². The lowest BCUT2D eigenvalue weighted by Crippen LogP contribution is -2.48. The van der Waals surface area contributed by atoms with Crippen molar-refractivity contribution >= 4 is 52.3 Å². The third-order valence-electron chi connectivity index (χ3n) is 5.16. The van der Waals surface area contributed by atoms with Crippen LogP contribution in [0.15, 0.2) is 48.7 Å². The fourth-order valence-corrected chi connectivity index (χ4v) is 4.23. The molecule has 0 unspecified atom stereocenters. The van der Waals surface area contributed by atoms with E-state index >= 15 is 0 Å². The van der Waals surface area contributed by atoms with Crippen LogP contribution in [0.25, 0.3) is 0 Å². The van der Waals surface area contributed by atoms with E-state index in [0.29, 0.717) is 44.6 Å². The Bertz CT molecular complexity index is 1110. The number of carbonyl (C=O) groups is 1. The summed E-state index contributed by atoms with van der Waals surface area (Å²) in [5.41, 5.74) is 1.48. The number of nitrogens with zero attached hydrogens (tertiary/aromatic N) is 4. The van der Waals surface area contributed by atoms with Gasteiger partial charge in [0.15, 0.2) is 12.4 Å². The molecule has 0 spiro atoms. The van der Waals surface area contributed by atoms with Crippen LogP contribution >= 0.6 is 46.4 Å². The highest BCUT2D eigenvalue weighted by atomic mass is 35.5. The van der Waals surface area contributed by atoms with E-state index in [1.807, 2.05) is 17.0 Å². The molecular formula is C22H20Cl4N4O2. The van der Waals surface area contributed by atoms with Crippen molar-refractivity contribution in [3.05, 3.63) is 80.0 Å². The number of rotatable bonds is 6. The van der Waals surface area contributed by atoms with Gasteiger partial charge >= 0.3 is 0 Å². The molecule has 168 valence electrons. The number of ether oxygens (including phenoxy) is 1. The highest BCUT2D eigenvalue weighted by Crippen LogP contribution is 2.27. The van der Waals surface area contributed by atoms with Gasteiger partial charge in [0.2, 0.25) is 0 Å². The molecule has 2 heterocycles. The molecule has 0 N–H and O–H groups in total. The number of halogens is 4. The smallest absolute Gasteiger partial charge is 0.274 e. The molecule has 4 rings (SSSR count). The van der Waals surface area contributed by atoms with Crippen LogP contribution in [0.1, 0.15) is 16.1 Å². The lowest BCUT2D eigenvalue weighted by molar-refractivity contribution is 0.0621. The van der Waals surface area contributed by atoms with Crippen molar-refractivity contribution in [2.45, 2.75) is 13.3 Å². The third-order valence-corrected chi connectivity index (χ3v) is 6.43. The second kappa shape index (κ2) is 10.3. The number of aromatic nitrogens is 2. The summed E-state index contributed by atoms with van der Waals surface area (Å²) in [6, 6.07) is 12.3. The Balaban J connectivity index is 1.28. The van der Waals surface area contributed by atoms with Crippen LogP contribution in [-0.4, -0.2) is 51.7 Å². The molecule has 0 radical (unpaired) electrons. The summed E-state index contributed by atoms with van der Waals surface area (Å²) in [7, 11) is 0. The number of piperazine rings is 1. The van der Waals surface area contributed by atoms with E-state index in [-0.39, 0.29) is 12.6 Å². The zero-order chi connectivity index (χ0) is 22.7. The number of hydrogen-bond donors (Lipinski definition) is 0. The van der Waals surface area contributed by atoms with Gasteiger partial charge in [-0.15, -0.1) is 0 Å². The third kappa shape index (κ3) is 5.69. The Labute approximate surface area is 206 Å². The minimum absolute atomic E-state index is 0.0949. The van der Waals surface area contributed by atoms with E-state index in [1.54, 1.807) is 41.2 Å². The van der Waals surface area contributed by atoms with Crippen LogP contribution in [0, 0.1) is 0 Å². The maximum atomic E-state index is 12.8. The molecule has 1 amide bonds. The van der Waals surface area contributed by atoms with E-state index in [4.69, 9.17) is 51.1 Å². The minimum atomic E-state index is -0.0949. The summed E-state index contributed by atoms with van der Waals surface area (Å²) in [4.78, 5) is 16.9. The first-order valence-corrected chi connectivity index (χ1v) is 11.5. The summed E-state index contributed by atoms with van der Waals surface area (Å²) in [5.74, 6) is 0.403. The normalized spacial score (nSPS) is 14.6. The fourth-order valence-electron chi connectivity index (χ4n) is 3.44. The molecule has 1 saturated heterocycles. The van der Waals surface area contributed by atoms with Crippen LogP contribution < -0.4 is 4.74 Å². The van der Waals surface area contributed by atoms with Crippen molar-refractivity contribution in [2.24, 2.45) is 0 Å². The highest BCUT2D eigenvalue weighted by Gasteiger charge is 2.24. The predicted octanol–water partition coefficient (Wildman–Crippen LogP) is 5.49. The highest BCUT2D eigenvalue weighted by molar-refractivity contribution is 6.42. The van der Waals surface area contributed by atoms with Gasteiger partial charge in [-0.25, -0.2) is 4.68 Å². The Morgan fingerprint density at radius 3 is 2.41 bits per heavy atom. The van der Waals surface area contributed by atoms with Gasteiger partial charge in [0, 0.05) is 43.9 Å². The molecule has 0 aliphatic carbocycles. The molecule has 1 aliphatic rings. The Kier molecular flexibility index (Phi) is 7.48. The predicted molar refractivity (Wildman–Crippen MR) is 127 cm³/mol. The van der Waals surface area contributed by atoms with Gasteiger partial charge in [-0.05, 0) is 42.0 Å². The summed E-state index contributed by atoms with van der Waals surface area (Å²) in [6.07, 6.45) is 1.71. The first kappa shape index (κ1) is 23.2. The van der Waals surface area contributed by atoms with Crippen molar-refractivity contribution < 1.29 is 9.53 Å². The lowest BCUT2D eigenvalue weighted by Gasteiger charge is -2.34. The minimum Gasteiger partial charge on any atom is -0.470 e. The van der Waals surface area contributed by atoms with Gasteiger partial charge in [0.25, 0.3) is 5.91 Å². The fraction of sp³-hybridized carbons (Fsp3) is 0.273. The first-order valence-electron chi connectivity index (χ1n) is 9.96. The zero-order valence-electron chi connectivity index (χ0n) is 17.0. The molecule has 10 heteroatoms. The monoisotopic (exact) mass is 512 g/mol. The zero-order valence-corrected chi connectivity index (χ0v) is 20.0. The standard InChI is InChI=1S/C22H20Cl4N4O2/c23-16-2-4-21(19(26)12-16)32-14-30-6-5-20(27-30)22(31)29-9-7-28(8-10-29)13-15-1-3-17(24)18(25)11-15/h1-6,11-12H,7-10,13-14H2. The number of hydrogen-bond acceptors (Lipinski definition) is 4. The number of amides is 1. The molecule has 2 aromatic carbocycles. The maximum Gasteiger partial charge on any atom is 0.274 e. The van der Waals surface area contributed by atoms with Crippen molar-refractivity contribution in [3.63, 3.8) is 0 Å². The van der Waals surface area contributed by atoms with Gasteiger partial charge in [0.05, 0.1) is 15.1 Å². The van der Waals surface area contributed by atoms with E-state index < -0.39 is 0 Å². The summed E-state index contributed by atoms with van der Waals surface area (Å²) >= 11 is 24.1. The van der Waals surface area contributed by atoms with Crippen molar-refractivity contribution in [1.82, 2.24) is 19.6 Å². The van der Waals surface area contributed by atoms with Crippen molar-refractivity contribution in [2.75, 3.05) is 26.2 Å². The average Bonchev–Trinajstić information content (AvgIpc) is 3.25. The molecule has 1 fully saturated rings. The molecule has 1 aromatic heterocycles. The Morgan fingerprint density at radius 2 is 1.69 bits per heavy atom. The van der Waals surface area contributed by atoms with Gasteiger partial charge < -0.3 is 9.64 Å². The van der Waals surface area contributed by atoms with Crippen LogP contribution in [0.5, 0.6) is 5.75 Å². The molecule has 0 saturated carbocycles. The largest absolute Gasteiger partial charge is 0.470 e. The molecule has 0 atom stereocenters. The molecule has 6 nitrogen and oxygen atoms in total. The topological polar surface area (TPSA) is 50.6 Å². The molecule has 32 heavy (non-hydrogen) atoms. The maximum absolute atomic E-state index is 12.8. The van der Waals surface area contributed by atoms with Gasteiger partial charge in [-0.3, -0.25) is 9.69 Å². The molecule has 1 aliphatic heterocycles. The molecule has 0 bridgehead atoms. The summed E-state index contributed by atoms with van der Waals surface area (Å²) < 4.78 is 7.22. The molecular weight excluding hydrogens is 494 g/mol. The van der Waals surface area contributed by atoms with Gasteiger partial charge in [0.1, 0.15) is 5.75 Å². The second-order valence-corrected chi connectivity index (χ2v) is 9.06. The average molecular weight is 514 g/mol. The van der Waals surface area contributed by atoms with Crippen LogP contribution in [0.3, 0.4) is 0 Å². The van der Waals surface area contributed by atoms with E-state index in [0.717, 1.165) is 25.2 Å². The Morgan fingerprint density at radius 1 is 0.906 bits per heavy atom. The van der Waals surface area contributed by atoms with Gasteiger partial charge in [-0.2, -0.15) is 5.10 Å². The quantitative estimate of drug-likeness (QED) is 0.437.